The Morgan fingerprint density at radius 2 is 1.94 bits per heavy atom. The van der Waals surface area contributed by atoms with E-state index in [-0.39, 0.29) is 16.3 Å². The molecule has 31 heavy (non-hydrogen) atoms. The van der Waals surface area contributed by atoms with Gasteiger partial charge in [-0.3, -0.25) is 9.48 Å². The molecule has 1 aliphatic rings. The lowest BCUT2D eigenvalue weighted by molar-refractivity contribution is 0.341. The summed E-state index contributed by atoms with van der Waals surface area (Å²) >= 11 is 0. The van der Waals surface area contributed by atoms with Gasteiger partial charge in [-0.05, 0) is 44.4 Å². The Balaban J connectivity index is 1.90. The van der Waals surface area contributed by atoms with E-state index in [9.17, 15) is 13.2 Å². The zero-order valence-corrected chi connectivity index (χ0v) is 18.8. The molecule has 2 aromatic heterocycles. The summed E-state index contributed by atoms with van der Waals surface area (Å²) in [6.45, 7) is 5.31. The molecule has 1 saturated heterocycles. The number of hydrogen-bond donors (Lipinski definition) is 1. The van der Waals surface area contributed by atoms with Crippen LogP contribution in [0.5, 0.6) is 5.75 Å². The Morgan fingerprint density at radius 3 is 2.61 bits per heavy atom. The number of sulfonamides is 1. The fourth-order valence-corrected chi connectivity index (χ4v) is 5.54. The predicted octanol–water partition coefficient (Wildman–Crippen LogP) is 2.46. The van der Waals surface area contributed by atoms with E-state index >= 15 is 0 Å². The molecular weight excluding hydrogens is 418 g/mol. The van der Waals surface area contributed by atoms with Gasteiger partial charge in [0, 0.05) is 20.1 Å². The lowest BCUT2D eigenvalue weighted by Crippen LogP contribution is -2.27. The quantitative estimate of drug-likeness (QED) is 0.598. The van der Waals surface area contributed by atoms with E-state index < -0.39 is 10.0 Å². The molecule has 3 heterocycles. The maximum Gasteiger partial charge on any atom is 0.277 e. The van der Waals surface area contributed by atoms with Gasteiger partial charge >= 0.3 is 0 Å². The fraction of sp³-hybridized carbons (Fsp3) is 0.476. The highest BCUT2D eigenvalue weighted by Gasteiger charge is 2.28. The molecule has 1 aliphatic heterocycles. The summed E-state index contributed by atoms with van der Waals surface area (Å²) in [5.74, 6) is 0.732. The number of rotatable bonds is 7. The molecule has 1 N–H and O–H groups in total. The van der Waals surface area contributed by atoms with Gasteiger partial charge in [-0.15, -0.1) is 0 Å². The molecule has 9 nitrogen and oxygen atoms in total. The van der Waals surface area contributed by atoms with E-state index in [1.54, 1.807) is 25.2 Å². The van der Waals surface area contributed by atoms with Crippen LogP contribution in [0.1, 0.15) is 38.8 Å². The number of fused-ring (bicyclic) bond motifs is 1. The predicted molar refractivity (Wildman–Crippen MR) is 118 cm³/mol. The van der Waals surface area contributed by atoms with Crippen LogP contribution in [-0.4, -0.2) is 52.2 Å². The molecule has 10 heteroatoms. The van der Waals surface area contributed by atoms with Crippen molar-refractivity contribution in [2.45, 2.75) is 44.4 Å². The maximum absolute atomic E-state index is 13.1. The lowest BCUT2D eigenvalue weighted by atomic mass is 10.1. The highest BCUT2D eigenvalue weighted by molar-refractivity contribution is 7.89. The standard InChI is InChI=1S/C21H27N5O4S/c1-4-8-16-18-19(25(3)24-16)21(27)23-20(22-18)15-13-14(9-10-17(15)30-5-2)31(28,29)26-11-6-7-12-26/h9-10,13H,4-8,11-12H2,1-3H3,(H,22,23,27). The van der Waals surface area contributed by atoms with Gasteiger partial charge in [0.2, 0.25) is 10.0 Å². The second-order valence-corrected chi connectivity index (χ2v) is 9.57. The first-order valence-corrected chi connectivity index (χ1v) is 12.0. The van der Waals surface area contributed by atoms with Crippen molar-refractivity contribution in [1.82, 2.24) is 24.1 Å². The number of ether oxygens (including phenoxy) is 1. The normalized spacial score (nSPS) is 15.1. The van der Waals surface area contributed by atoms with Crippen molar-refractivity contribution in [2.75, 3.05) is 19.7 Å². The van der Waals surface area contributed by atoms with Crippen LogP contribution >= 0.6 is 0 Å². The third-order valence-electron chi connectivity index (χ3n) is 5.46. The minimum atomic E-state index is -3.62. The van der Waals surface area contributed by atoms with Gasteiger partial charge < -0.3 is 9.72 Å². The Labute approximate surface area is 181 Å². The highest BCUT2D eigenvalue weighted by Crippen LogP contribution is 2.32. The van der Waals surface area contributed by atoms with Gasteiger partial charge in [0.1, 0.15) is 17.1 Å². The molecule has 1 fully saturated rings. The van der Waals surface area contributed by atoms with Crippen LogP contribution in [0.4, 0.5) is 0 Å². The van der Waals surface area contributed by atoms with Crippen molar-refractivity contribution in [3.8, 4) is 17.1 Å². The van der Waals surface area contributed by atoms with Gasteiger partial charge in [-0.1, -0.05) is 13.3 Å². The largest absolute Gasteiger partial charge is 0.493 e. The summed E-state index contributed by atoms with van der Waals surface area (Å²) in [4.78, 5) is 20.5. The van der Waals surface area contributed by atoms with E-state index in [2.05, 4.69) is 15.1 Å². The molecule has 0 amide bonds. The average Bonchev–Trinajstić information content (AvgIpc) is 3.38. The van der Waals surface area contributed by atoms with Gasteiger partial charge in [0.25, 0.3) is 5.56 Å². The second-order valence-electron chi connectivity index (χ2n) is 7.63. The number of nitrogens with one attached hydrogen (secondary N) is 1. The van der Waals surface area contributed by atoms with Gasteiger partial charge in [0.05, 0.1) is 22.8 Å². The van der Waals surface area contributed by atoms with Crippen molar-refractivity contribution in [3.63, 3.8) is 0 Å². The Hall–Kier alpha value is -2.72. The molecule has 0 aliphatic carbocycles. The van der Waals surface area contributed by atoms with E-state index in [4.69, 9.17) is 4.74 Å². The summed E-state index contributed by atoms with van der Waals surface area (Å²) < 4.78 is 34.9. The minimum absolute atomic E-state index is 0.163. The summed E-state index contributed by atoms with van der Waals surface area (Å²) in [7, 11) is -1.91. The molecule has 0 unspecified atom stereocenters. The van der Waals surface area contributed by atoms with E-state index in [1.165, 1.54) is 8.99 Å². The number of aromatic amines is 1. The molecule has 4 rings (SSSR count). The smallest absolute Gasteiger partial charge is 0.277 e. The SMILES string of the molecule is CCCc1nn(C)c2c(=O)[nH]c(-c3cc(S(=O)(=O)N4CCCC4)ccc3OCC)nc12. The lowest BCUT2D eigenvalue weighted by Gasteiger charge is -2.17. The summed E-state index contributed by atoms with van der Waals surface area (Å²) in [5.41, 5.74) is 1.77. The first-order chi connectivity index (χ1) is 14.9. The van der Waals surface area contributed by atoms with Gasteiger partial charge in [0.15, 0.2) is 5.52 Å². The summed E-state index contributed by atoms with van der Waals surface area (Å²) in [6.07, 6.45) is 3.27. The van der Waals surface area contributed by atoms with Crippen LogP contribution in [0, 0.1) is 0 Å². The zero-order valence-electron chi connectivity index (χ0n) is 18.0. The molecule has 166 valence electrons. The molecule has 0 atom stereocenters. The van der Waals surface area contributed by atoms with Crippen LogP contribution in [0.15, 0.2) is 27.9 Å². The number of aryl methyl sites for hydroxylation is 2. The fourth-order valence-electron chi connectivity index (χ4n) is 3.99. The van der Waals surface area contributed by atoms with Crippen LogP contribution in [-0.2, 0) is 23.5 Å². The average molecular weight is 446 g/mol. The number of benzene rings is 1. The second kappa shape index (κ2) is 8.43. The Kier molecular flexibility index (Phi) is 5.85. The molecule has 3 aromatic rings. The number of nitrogens with zero attached hydrogens (tertiary/aromatic N) is 4. The highest BCUT2D eigenvalue weighted by atomic mass is 32.2. The minimum Gasteiger partial charge on any atom is -0.493 e. The summed E-state index contributed by atoms with van der Waals surface area (Å²) in [5, 5.41) is 4.44. The monoisotopic (exact) mass is 445 g/mol. The Bertz CT molecular complexity index is 1270. The molecular formula is C21H27N5O4S. The van der Waals surface area contributed by atoms with E-state index in [1.807, 2.05) is 13.8 Å². The van der Waals surface area contributed by atoms with Crippen molar-refractivity contribution in [3.05, 3.63) is 34.2 Å². The molecule has 0 radical (unpaired) electrons. The molecule has 0 saturated carbocycles. The molecule has 0 bridgehead atoms. The van der Waals surface area contributed by atoms with Crippen molar-refractivity contribution >= 4 is 21.1 Å². The summed E-state index contributed by atoms with van der Waals surface area (Å²) in [6, 6.07) is 4.71. The first kappa shape index (κ1) is 21.5. The van der Waals surface area contributed by atoms with Crippen molar-refractivity contribution in [1.29, 1.82) is 0 Å². The third kappa shape index (κ3) is 3.85. The topological polar surface area (TPSA) is 110 Å². The van der Waals surface area contributed by atoms with Crippen molar-refractivity contribution < 1.29 is 13.2 Å². The molecule has 1 aromatic carbocycles. The van der Waals surface area contributed by atoms with Crippen LogP contribution in [0.2, 0.25) is 0 Å². The van der Waals surface area contributed by atoms with Crippen molar-refractivity contribution in [2.24, 2.45) is 7.05 Å². The molecule has 0 spiro atoms. The van der Waals surface area contributed by atoms with Gasteiger partial charge in [-0.2, -0.15) is 9.40 Å². The van der Waals surface area contributed by atoms with E-state index in [0.29, 0.717) is 48.5 Å². The maximum atomic E-state index is 13.1. The number of H-pyrrole nitrogens is 1. The number of hydrogen-bond acceptors (Lipinski definition) is 6. The van der Waals surface area contributed by atoms with Crippen LogP contribution < -0.4 is 10.3 Å². The van der Waals surface area contributed by atoms with E-state index in [0.717, 1.165) is 25.0 Å². The third-order valence-corrected chi connectivity index (χ3v) is 7.35. The number of aromatic nitrogens is 4. The Morgan fingerprint density at radius 1 is 1.19 bits per heavy atom. The van der Waals surface area contributed by atoms with Crippen LogP contribution in [0.25, 0.3) is 22.4 Å². The first-order valence-electron chi connectivity index (χ1n) is 10.6. The zero-order chi connectivity index (χ0) is 22.2. The van der Waals surface area contributed by atoms with Gasteiger partial charge in [-0.25, -0.2) is 13.4 Å². The van der Waals surface area contributed by atoms with Crippen LogP contribution in [0.3, 0.4) is 0 Å².